The number of hydrogen-bond donors (Lipinski definition) is 2. The smallest absolute Gasteiger partial charge is 0.255 e. The van der Waals surface area contributed by atoms with Crippen molar-refractivity contribution in [1.29, 1.82) is 0 Å². The van der Waals surface area contributed by atoms with Crippen molar-refractivity contribution in [3.05, 3.63) is 89.5 Å². The molecule has 0 aliphatic carbocycles. The average molecular weight is 459 g/mol. The average Bonchev–Trinajstić information content (AvgIpc) is 2.80. The van der Waals surface area contributed by atoms with E-state index in [0.717, 1.165) is 6.42 Å². The molecular weight excluding hydrogens is 424 g/mol. The summed E-state index contributed by atoms with van der Waals surface area (Å²) in [5, 5.41) is 5.78. The van der Waals surface area contributed by atoms with Crippen molar-refractivity contribution in [2.45, 2.75) is 46.5 Å². The molecule has 5 heteroatoms. The fourth-order valence-corrected chi connectivity index (χ4v) is 3.30. The van der Waals surface area contributed by atoms with Crippen LogP contribution in [0.15, 0.2) is 72.8 Å². The molecule has 0 heterocycles. The monoisotopic (exact) mass is 458 g/mol. The Labute approximate surface area is 202 Å². The summed E-state index contributed by atoms with van der Waals surface area (Å²) in [6, 6.07) is 21.9. The predicted molar refractivity (Wildman–Crippen MR) is 139 cm³/mol. The molecule has 0 bridgehead atoms. The van der Waals surface area contributed by atoms with Crippen LogP contribution in [0.4, 0.5) is 11.4 Å². The third-order valence-corrected chi connectivity index (χ3v) is 5.47. The first-order chi connectivity index (χ1) is 16.1. The lowest BCUT2D eigenvalue weighted by molar-refractivity contribution is 0.101. The number of anilines is 2. The summed E-state index contributed by atoms with van der Waals surface area (Å²) < 4.78 is 5.75. The third-order valence-electron chi connectivity index (χ3n) is 5.47. The summed E-state index contributed by atoms with van der Waals surface area (Å²) in [7, 11) is 0. The minimum Gasteiger partial charge on any atom is -0.494 e. The summed E-state index contributed by atoms with van der Waals surface area (Å²) in [6.07, 6.45) is 0.960. The second kappa shape index (κ2) is 11.0. The minimum absolute atomic E-state index is 0.0391. The molecule has 34 heavy (non-hydrogen) atoms. The van der Waals surface area contributed by atoms with Gasteiger partial charge < -0.3 is 15.4 Å². The van der Waals surface area contributed by atoms with E-state index < -0.39 is 0 Å². The number of amides is 2. The van der Waals surface area contributed by atoms with Crippen LogP contribution in [0.3, 0.4) is 0 Å². The lowest BCUT2D eigenvalue weighted by atomic mass is 9.87. The van der Waals surface area contributed by atoms with Crippen LogP contribution in [0.5, 0.6) is 5.75 Å². The molecule has 0 unspecified atom stereocenters. The zero-order valence-electron chi connectivity index (χ0n) is 20.6. The maximum absolute atomic E-state index is 12.7. The predicted octanol–water partition coefficient (Wildman–Crippen LogP) is 6.91. The molecule has 0 atom stereocenters. The van der Waals surface area contributed by atoms with E-state index >= 15 is 0 Å². The topological polar surface area (TPSA) is 67.4 Å². The van der Waals surface area contributed by atoms with Crippen LogP contribution in [-0.2, 0) is 5.41 Å². The summed E-state index contributed by atoms with van der Waals surface area (Å²) in [4.78, 5) is 25.2. The molecular formula is C29H34N2O3. The molecule has 2 N–H and O–H groups in total. The number of carbonyl (C=O) groups is 2. The van der Waals surface area contributed by atoms with Crippen LogP contribution in [0.1, 0.15) is 67.3 Å². The maximum atomic E-state index is 12.7. The van der Waals surface area contributed by atoms with Crippen LogP contribution in [0.2, 0.25) is 0 Å². The van der Waals surface area contributed by atoms with Gasteiger partial charge in [0.2, 0.25) is 0 Å². The van der Waals surface area contributed by atoms with Gasteiger partial charge in [0, 0.05) is 22.5 Å². The first kappa shape index (κ1) is 25.0. The van der Waals surface area contributed by atoms with E-state index in [1.54, 1.807) is 36.4 Å². The van der Waals surface area contributed by atoms with Crippen molar-refractivity contribution in [2.75, 3.05) is 17.2 Å². The number of benzene rings is 3. The van der Waals surface area contributed by atoms with E-state index in [1.807, 2.05) is 36.4 Å². The van der Waals surface area contributed by atoms with Gasteiger partial charge in [-0.3, -0.25) is 9.59 Å². The molecule has 0 saturated heterocycles. The normalized spacial score (nSPS) is 11.2. The zero-order chi connectivity index (χ0) is 24.7. The van der Waals surface area contributed by atoms with Gasteiger partial charge in [0.25, 0.3) is 11.8 Å². The van der Waals surface area contributed by atoms with E-state index in [1.165, 1.54) is 5.56 Å². The molecule has 0 radical (unpaired) electrons. The van der Waals surface area contributed by atoms with Gasteiger partial charge >= 0.3 is 0 Å². The quantitative estimate of drug-likeness (QED) is 0.385. The second-order valence-electron chi connectivity index (χ2n) is 9.87. The second-order valence-corrected chi connectivity index (χ2v) is 9.87. The molecule has 3 aromatic rings. The molecule has 5 nitrogen and oxygen atoms in total. The number of carbonyl (C=O) groups excluding carboxylic acids is 2. The molecule has 2 amide bonds. The number of hydrogen-bond acceptors (Lipinski definition) is 3. The van der Waals surface area contributed by atoms with E-state index in [-0.39, 0.29) is 17.2 Å². The SMILES string of the molecule is CC(C)CCOc1cccc(C(=O)Nc2ccc(NC(=O)c3ccc(C(C)(C)C)cc3)cc2)c1. The maximum Gasteiger partial charge on any atom is 0.255 e. The highest BCUT2D eigenvalue weighted by Crippen LogP contribution is 2.23. The van der Waals surface area contributed by atoms with Gasteiger partial charge in [0.1, 0.15) is 5.75 Å². The van der Waals surface area contributed by atoms with Gasteiger partial charge in [-0.2, -0.15) is 0 Å². The van der Waals surface area contributed by atoms with Gasteiger partial charge in [0.15, 0.2) is 0 Å². The van der Waals surface area contributed by atoms with E-state index in [4.69, 9.17) is 4.74 Å². The fourth-order valence-electron chi connectivity index (χ4n) is 3.30. The fraction of sp³-hybridized carbons (Fsp3) is 0.310. The van der Waals surface area contributed by atoms with Gasteiger partial charge in [-0.1, -0.05) is 52.8 Å². The van der Waals surface area contributed by atoms with Crippen molar-refractivity contribution in [3.8, 4) is 5.75 Å². The van der Waals surface area contributed by atoms with Crippen molar-refractivity contribution < 1.29 is 14.3 Å². The Hall–Kier alpha value is -3.60. The Morgan fingerprint density at radius 2 is 1.35 bits per heavy atom. The summed E-state index contributed by atoms with van der Waals surface area (Å²) in [5.41, 5.74) is 3.64. The van der Waals surface area contributed by atoms with E-state index in [2.05, 4.69) is 45.3 Å². The van der Waals surface area contributed by atoms with Crippen LogP contribution < -0.4 is 15.4 Å². The van der Waals surface area contributed by atoms with Gasteiger partial charge in [-0.05, 0) is 77.9 Å². The first-order valence-electron chi connectivity index (χ1n) is 11.7. The van der Waals surface area contributed by atoms with Crippen LogP contribution >= 0.6 is 0 Å². The van der Waals surface area contributed by atoms with Gasteiger partial charge in [-0.15, -0.1) is 0 Å². The highest BCUT2D eigenvalue weighted by atomic mass is 16.5. The zero-order valence-corrected chi connectivity index (χ0v) is 20.6. The van der Waals surface area contributed by atoms with Crippen molar-refractivity contribution in [2.24, 2.45) is 5.92 Å². The summed E-state index contributed by atoms with van der Waals surface area (Å²) in [5.74, 6) is 0.853. The Morgan fingerprint density at radius 1 is 0.794 bits per heavy atom. The van der Waals surface area contributed by atoms with Crippen LogP contribution in [0.25, 0.3) is 0 Å². The minimum atomic E-state index is -0.218. The highest BCUT2D eigenvalue weighted by Gasteiger charge is 2.14. The number of ether oxygens (including phenoxy) is 1. The molecule has 0 aliphatic rings. The molecule has 0 aliphatic heterocycles. The third kappa shape index (κ3) is 7.20. The molecule has 0 aromatic heterocycles. The van der Waals surface area contributed by atoms with Crippen LogP contribution in [-0.4, -0.2) is 18.4 Å². The Morgan fingerprint density at radius 3 is 1.88 bits per heavy atom. The van der Waals surface area contributed by atoms with Crippen molar-refractivity contribution >= 4 is 23.2 Å². The summed E-state index contributed by atoms with van der Waals surface area (Å²) >= 11 is 0. The largest absolute Gasteiger partial charge is 0.494 e. The highest BCUT2D eigenvalue weighted by molar-refractivity contribution is 6.05. The Balaban J connectivity index is 1.57. The standard InChI is InChI=1S/C29H34N2O3/c1-20(2)17-18-34-26-8-6-7-22(19-26)28(33)31-25-15-13-24(14-16-25)30-27(32)21-9-11-23(12-10-21)29(3,4)5/h6-16,19-20H,17-18H2,1-5H3,(H,30,32)(H,31,33). The molecule has 0 saturated carbocycles. The lowest BCUT2D eigenvalue weighted by Crippen LogP contribution is -2.14. The van der Waals surface area contributed by atoms with Crippen molar-refractivity contribution in [3.63, 3.8) is 0 Å². The lowest BCUT2D eigenvalue weighted by Gasteiger charge is -2.19. The van der Waals surface area contributed by atoms with E-state index in [0.29, 0.717) is 40.8 Å². The number of nitrogens with one attached hydrogen (secondary N) is 2. The molecule has 0 spiro atoms. The van der Waals surface area contributed by atoms with Gasteiger partial charge in [-0.25, -0.2) is 0 Å². The summed E-state index contributed by atoms with van der Waals surface area (Å²) in [6.45, 7) is 11.3. The molecule has 3 aromatic carbocycles. The Kier molecular flexibility index (Phi) is 8.11. The van der Waals surface area contributed by atoms with Gasteiger partial charge in [0.05, 0.1) is 6.61 Å². The van der Waals surface area contributed by atoms with E-state index in [9.17, 15) is 9.59 Å². The Bertz CT molecular complexity index is 1110. The van der Waals surface area contributed by atoms with Crippen LogP contribution in [0, 0.1) is 5.92 Å². The molecule has 0 fully saturated rings. The number of rotatable bonds is 8. The van der Waals surface area contributed by atoms with Crippen molar-refractivity contribution in [1.82, 2.24) is 0 Å². The first-order valence-corrected chi connectivity index (χ1v) is 11.7. The molecule has 3 rings (SSSR count). The molecule has 178 valence electrons.